The quantitative estimate of drug-likeness (QED) is 0.339. The van der Waals surface area contributed by atoms with E-state index in [4.69, 9.17) is 17.0 Å². The minimum atomic E-state index is -0.583. The molecule has 8 nitrogen and oxygen atoms in total. The summed E-state index contributed by atoms with van der Waals surface area (Å²) in [4.78, 5) is 34.1. The van der Waals surface area contributed by atoms with Gasteiger partial charge in [-0.15, -0.1) is 0 Å². The molecule has 0 aromatic heterocycles. The average molecular weight is 387 g/mol. The monoisotopic (exact) mass is 387 g/mol. The Kier molecular flexibility index (Phi) is 6.95. The van der Waals surface area contributed by atoms with E-state index >= 15 is 0 Å². The first kappa shape index (κ1) is 20.0. The number of anilines is 1. The number of carbonyl (C=O) groups is 2. The number of nitro benzene ring substituents is 1. The molecule has 0 saturated carbocycles. The van der Waals surface area contributed by atoms with Crippen molar-refractivity contribution in [3.63, 3.8) is 0 Å². The molecule has 27 heavy (non-hydrogen) atoms. The maximum absolute atomic E-state index is 12.1. The van der Waals surface area contributed by atoms with Crippen LogP contribution in [0.25, 0.3) is 0 Å². The second kappa shape index (κ2) is 9.39. The zero-order chi connectivity index (χ0) is 19.8. The molecule has 140 valence electrons. The standard InChI is InChI=1S/C18H17N3O5S/c1-2-10-26-17(23)12-6-8-14(9-7-12)19-18(27)20-16(22)13-4-3-5-15(11-13)21(24)25/h3-9,11H,2,10H2,1H3,(H2,19,20,22,27). The van der Waals surface area contributed by atoms with E-state index in [1.807, 2.05) is 6.92 Å². The fraction of sp³-hybridized carbons (Fsp3) is 0.167. The minimum Gasteiger partial charge on any atom is -0.462 e. The molecule has 2 rings (SSSR count). The molecular weight excluding hydrogens is 370 g/mol. The van der Waals surface area contributed by atoms with E-state index in [0.717, 1.165) is 12.5 Å². The van der Waals surface area contributed by atoms with E-state index in [-0.39, 0.29) is 16.4 Å². The lowest BCUT2D eigenvalue weighted by Gasteiger charge is -2.10. The van der Waals surface area contributed by atoms with Crippen LogP contribution in [0, 0.1) is 10.1 Å². The molecular formula is C18H17N3O5S. The summed E-state index contributed by atoms with van der Waals surface area (Å²) >= 11 is 5.07. The van der Waals surface area contributed by atoms with Crippen LogP contribution >= 0.6 is 12.2 Å². The molecule has 1 amide bonds. The molecule has 0 saturated heterocycles. The van der Waals surface area contributed by atoms with Gasteiger partial charge in [-0.2, -0.15) is 0 Å². The number of amides is 1. The molecule has 2 aromatic rings. The molecule has 9 heteroatoms. The fourth-order valence-electron chi connectivity index (χ4n) is 2.07. The molecule has 2 aromatic carbocycles. The van der Waals surface area contributed by atoms with Crippen LogP contribution in [-0.2, 0) is 4.74 Å². The van der Waals surface area contributed by atoms with Crippen molar-refractivity contribution in [2.75, 3.05) is 11.9 Å². The van der Waals surface area contributed by atoms with Crippen molar-refractivity contribution in [2.24, 2.45) is 0 Å². The topological polar surface area (TPSA) is 111 Å². The lowest BCUT2D eigenvalue weighted by Crippen LogP contribution is -2.34. The highest BCUT2D eigenvalue weighted by Gasteiger charge is 2.13. The molecule has 0 aliphatic rings. The van der Waals surface area contributed by atoms with Gasteiger partial charge in [0.05, 0.1) is 17.1 Å². The summed E-state index contributed by atoms with van der Waals surface area (Å²) in [6.45, 7) is 2.26. The number of thiocarbonyl (C=S) groups is 1. The molecule has 0 heterocycles. The first-order valence-corrected chi connectivity index (χ1v) is 8.45. The Morgan fingerprint density at radius 1 is 1.15 bits per heavy atom. The van der Waals surface area contributed by atoms with Gasteiger partial charge in [-0.3, -0.25) is 20.2 Å². The molecule has 0 bridgehead atoms. The maximum Gasteiger partial charge on any atom is 0.338 e. The largest absolute Gasteiger partial charge is 0.462 e. The third-order valence-corrected chi connectivity index (χ3v) is 3.57. The number of ether oxygens (including phenoxy) is 1. The lowest BCUT2D eigenvalue weighted by molar-refractivity contribution is -0.384. The zero-order valence-corrected chi connectivity index (χ0v) is 15.2. The predicted octanol–water partition coefficient (Wildman–Crippen LogP) is 3.29. The van der Waals surface area contributed by atoms with Gasteiger partial charge in [0.25, 0.3) is 11.6 Å². The third kappa shape index (κ3) is 5.86. The summed E-state index contributed by atoms with van der Waals surface area (Å²) in [6, 6.07) is 11.7. The molecule has 0 aliphatic carbocycles. The summed E-state index contributed by atoms with van der Waals surface area (Å²) in [5.41, 5.74) is 0.890. The number of rotatable bonds is 6. The van der Waals surface area contributed by atoms with Crippen LogP contribution in [0.1, 0.15) is 34.1 Å². The Bertz CT molecular complexity index is 868. The molecule has 0 fully saturated rings. The highest BCUT2D eigenvalue weighted by Crippen LogP contribution is 2.14. The summed E-state index contributed by atoms with van der Waals surface area (Å²) < 4.78 is 5.04. The van der Waals surface area contributed by atoms with Crippen LogP contribution in [0.4, 0.5) is 11.4 Å². The van der Waals surface area contributed by atoms with Crippen molar-refractivity contribution >= 4 is 40.6 Å². The van der Waals surface area contributed by atoms with Gasteiger partial charge in [-0.05, 0) is 49.0 Å². The number of benzene rings is 2. The van der Waals surface area contributed by atoms with Gasteiger partial charge in [0.1, 0.15) is 0 Å². The number of nitrogens with zero attached hydrogens (tertiary/aromatic N) is 1. The summed E-state index contributed by atoms with van der Waals surface area (Å²) in [5, 5.41) is 16.0. The normalized spacial score (nSPS) is 9.96. The number of hydrogen-bond donors (Lipinski definition) is 2. The number of esters is 1. The predicted molar refractivity (Wildman–Crippen MR) is 104 cm³/mol. The number of carbonyl (C=O) groups excluding carboxylic acids is 2. The number of nitro groups is 1. The van der Waals surface area contributed by atoms with Crippen LogP contribution in [-0.4, -0.2) is 28.5 Å². The van der Waals surface area contributed by atoms with Gasteiger partial charge >= 0.3 is 5.97 Å². The zero-order valence-electron chi connectivity index (χ0n) is 14.4. The molecule has 2 N–H and O–H groups in total. The second-order valence-electron chi connectivity index (χ2n) is 5.43. The van der Waals surface area contributed by atoms with Crippen LogP contribution in [0.15, 0.2) is 48.5 Å². The molecule has 0 spiro atoms. The van der Waals surface area contributed by atoms with Gasteiger partial charge < -0.3 is 10.1 Å². The van der Waals surface area contributed by atoms with Crippen molar-refractivity contribution in [3.8, 4) is 0 Å². The van der Waals surface area contributed by atoms with E-state index in [0.29, 0.717) is 17.9 Å². The van der Waals surface area contributed by atoms with Crippen molar-refractivity contribution in [3.05, 3.63) is 69.8 Å². The summed E-state index contributed by atoms with van der Waals surface area (Å²) in [5.74, 6) is -0.985. The molecule has 0 atom stereocenters. The van der Waals surface area contributed by atoms with Crippen molar-refractivity contribution < 1.29 is 19.2 Å². The van der Waals surface area contributed by atoms with Gasteiger partial charge in [0.2, 0.25) is 0 Å². The van der Waals surface area contributed by atoms with E-state index < -0.39 is 16.8 Å². The summed E-state index contributed by atoms with van der Waals surface area (Å²) in [6.07, 6.45) is 0.740. The van der Waals surface area contributed by atoms with Crippen molar-refractivity contribution in [2.45, 2.75) is 13.3 Å². The first-order chi connectivity index (χ1) is 12.9. The average Bonchev–Trinajstić information content (AvgIpc) is 2.66. The fourth-order valence-corrected chi connectivity index (χ4v) is 2.28. The number of non-ortho nitro benzene ring substituents is 1. The lowest BCUT2D eigenvalue weighted by atomic mass is 10.2. The summed E-state index contributed by atoms with van der Waals surface area (Å²) in [7, 11) is 0. The Labute approximate surface area is 160 Å². The van der Waals surface area contributed by atoms with Gasteiger partial charge in [-0.1, -0.05) is 13.0 Å². The Hall–Kier alpha value is -3.33. The Morgan fingerprint density at radius 3 is 2.48 bits per heavy atom. The van der Waals surface area contributed by atoms with Crippen LogP contribution in [0.5, 0.6) is 0 Å². The smallest absolute Gasteiger partial charge is 0.338 e. The van der Waals surface area contributed by atoms with Crippen LogP contribution < -0.4 is 10.6 Å². The Morgan fingerprint density at radius 2 is 1.85 bits per heavy atom. The van der Waals surface area contributed by atoms with Crippen molar-refractivity contribution in [1.82, 2.24) is 5.32 Å². The van der Waals surface area contributed by atoms with E-state index in [1.165, 1.54) is 18.2 Å². The second-order valence-corrected chi connectivity index (χ2v) is 5.84. The molecule has 0 radical (unpaired) electrons. The SMILES string of the molecule is CCCOC(=O)c1ccc(NC(=S)NC(=O)c2cccc([N+](=O)[O-])c2)cc1. The minimum absolute atomic E-state index is 0.0211. The van der Waals surface area contributed by atoms with Gasteiger partial charge in [-0.25, -0.2) is 4.79 Å². The molecule has 0 unspecified atom stereocenters. The van der Waals surface area contributed by atoms with Crippen molar-refractivity contribution in [1.29, 1.82) is 0 Å². The van der Waals surface area contributed by atoms with Crippen LogP contribution in [0.3, 0.4) is 0 Å². The first-order valence-electron chi connectivity index (χ1n) is 8.04. The Balaban J connectivity index is 1.95. The number of hydrogen-bond acceptors (Lipinski definition) is 6. The molecule has 0 aliphatic heterocycles. The van der Waals surface area contributed by atoms with Gasteiger partial charge in [0, 0.05) is 23.4 Å². The van der Waals surface area contributed by atoms with E-state index in [2.05, 4.69) is 10.6 Å². The highest BCUT2D eigenvalue weighted by molar-refractivity contribution is 7.80. The van der Waals surface area contributed by atoms with Crippen LogP contribution in [0.2, 0.25) is 0 Å². The third-order valence-electron chi connectivity index (χ3n) is 3.36. The maximum atomic E-state index is 12.1. The van der Waals surface area contributed by atoms with Gasteiger partial charge in [0.15, 0.2) is 5.11 Å². The number of nitrogens with one attached hydrogen (secondary N) is 2. The van der Waals surface area contributed by atoms with E-state index in [1.54, 1.807) is 24.3 Å². The van der Waals surface area contributed by atoms with E-state index in [9.17, 15) is 19.7 Å². The highest BCUT2D eigenvalue weighted by atomic mass is 32.1.